The second-order valence-corrected chi connectivity index (χ2v) is 4.60. The minimum absolute atomic E-state index is 0.218. The van der Waals surface area contributed by atoms with Gasteiger partial charge < -0.3 is 19.5 Å². The normalized spacial score (nSPS) is 14.5. The average Bonchev–Trinajstić information content (AvgIpc) is 2.47. The van der Waals surface area contributed by atoms with Crippen LogP contribution in [0.1, 0.15) is 26.7 Å². The lowest BCUT2D eigenvalue weighted by atomic mass is 10.1. The number of carbonyl (C=O) groups excluding carboxylic acids is 1. The third-order valence-corrected chi connectivity index (χ3v) is 3.03. The SMILES string of the molecule is CCCC(Nc1ccc2c(c1)OCCO2)C(=O)OCC. The fraction of sp³-hybridized carbons (Fsp3) is 0.533. The summed E-state index contributed by atoms with van der Waals surface area (Å²) in [6.07, 6.45) is 1.63. The van der Waals surface area contributed by atoms with Crippen molar-refractivity contribution in [2.75, 3.05) is 25.1 Å². The van der Waals surface area contributed by atoms with Crippen molar-refractivity contribution in [2.24, 2.45) is 0 Å². The Kier molecular flexibility index (Phi) is 5.09. The highest BCUT2D eigenvalue weighted by Gasteiger charge is 2.19. The van der Waals surface area contributed by atoms with Crippen LogP contribution >= 0.6 is 0 Å². The standard InChI is InChI=1S/C15H21NO4/c1-3-5-12(15(17)18-4-2)16-11-6-7-13-14(10-11)20-9-8-19-13/h6-7,10,12,16H,3-5,8-9H2,1-2H3. The molecule has 20 heavy (non-hydrogen) atoms. The molecule has 0 saturated carbocycles. The van der Waals surface area contributed by atoms with Gasteiger partial charge in [-0.05, 0) is 25.5 Å². The topological polar surface area (TPSA) is 56.8 Å². The molecule has 1 atom stereocenters. The summed E-state index contributed by atoms with van der Waals surface area (Å²) in [5.41, 5.74) is 0.834. The Labute approximate surface area is 119 Å². The molecule has 0 aliphatic carbocycles. The van der Waals surface area contributed by atoms with E-state index in [9.17, 15) is 4.79 Å². The first kappa shape index (κ1) is 14.5. The van der Waals surface area contributed by atoms with Gasteiger partial charge in [0.05, 0.1) is 6.61 Å². The smallest absolute Gasteiger partial charge is 0.328 e. The molecular weight excluding hydrogens is 258 g/mol. The molecule has 1 aromatic carbocycles. The number of carbonyl (C=O) groups is 1. The van der Waals surface area contributed by atoms with Crippen LogP contribution < -0.4 is 14.8 Å². The highest BCUT2D eigenvalue weighted by Crippen LogP contribution is 2.32. The molecule has 1 aliphatic rings. The van der Waals surface area contributed by atoms with Gasteiger partial charge in [0, 0.05) is 11.8 Å². The van der Waals surface area contributed by atoms with Gasteiger partial charge >= 0.3 is 5.97 Å². The van der Waals surface area contributed by atoms with E-state index in [1.807, 2.05) is 32.0 Å². The van der Waals surface area contributed by atoms with Crippen molar-refractivity contribution in [1.29, 1.82) is 0 Å². The molecule has 1 aromatic rings. The predicted molar refractivity (Wildman–Crippen MR) is 76.4 cm³/mol. The minimum atomic E-state index is -0.331. The summed E-state index contributed by atoms with van der Waals surface area (Å²) in [6.45, 7) is 5.36. The third kappa shape index (κ3) is 3.56. The number of benzene rings is 1. The second-order valence-electron chi connectivity index (χ2n) is 4.60. The van der Waals surface area contributed by atoms with Crippen LogP contribution in [-0.4, -0.2) is 31.8 Å². The molecule has 0 bridgehead atoms. The van der Waals surface area contributed by atoms with Crippen molar-refractivity contribution >= 4 is 11.7 Å². The van der Waals surface area contributed by atoms with Gasteiger partial charge in [-0.1, -0.05) is 13.3 Å². The lowest BCUT2D eigenvalue weighted by Gasteiger charge is -2.21. The predicted octanol–water partition coefficient (Wildman–Crippen LogP) is 2.60. The first-order chi connectivity index (χ1) is 9.74. The zero-order chi connectivity index (χ0) is 14.4. The summed E-state index contributed by atoms with van der Waals surface area (Å²) >= 11 is 0. The van der Waals surface area contributed by atoms with E-state index in [-0.39, 0.29) is 12.0 Å². The van der Waals surface area contributed by atoms with E-state index in [1.165, 1.54) is 0 Å². The van der Waals surface area contributed by atoms with Crippen LogP contribution in [-0.2, 0) is 9.53 Å². The van der Waals surface area contributed by atoms with Crippen LogP contribution in [0.5, 0.6) is 11.5 Å². The minimum Gasteiger partial charge on any atom is -0.486 e. The maximum Gasteiger partial charge on any atom is 0.328 e. The number of anilines is 1. The maximum atomic E-state index is 11.9. The van der Waals surface area contributed by atoms with Crippen molar-refractivity contribution in [2.45, 2.75) is 32.7 Å². The lowest BCUT2D eigenvalue weighted by molar-refractivity contribution is -0.144. The molecular formula is C15H21NO4. The van der Waals surface area contributed by atoms with Crippen molar-refractivity contribution < 1.29 is 19.0 Å². The summed E-state index contributed by atoms with van der Waals surface area (Å²) in [5, 5.41) is 3.20. The van der Waals surface area contributed by atoms with Crippen molar-refractivity contribution in [3.05, 3.63) is 18.2 Å². The number of ether oxygens (including phenoxy) is 3. The van der Waals surface area contributed by atoms with Crippen LogP contribution in [0.2, 0.25) is 0 Å². The van der Waals surface area contributed by atoms with E-state index >= 15 is 0 Å². The lowest BCUT2D eigenvalue weighted by Crippen LogP contribution is -2.31. The first-order valence-corrected chi connectivity index (χ1v) is 7.07. The Bertz CT molecular complexity index is 461. The Morgan fingerprint density at radius 2 is 2.05 bits per heavy atom. The van der Waals surface area contributed by atoms with E-state index in [4.69, 9.17) is 14.2 Å². The molecule has 0 amide bonds. The number of fused-ring (bicyclic) bond motifs is 1. The van der Waals surface area contributed by atoms with Crippen molar-refractivity contribution in [3.8, 4) is 11.5 Å². The third-order valence-electron chi connectivity index (χ3n) is 3.03. The Morgan fingerprint density at radius 1 is 1.30 bits per heavy atom. The summed E-state index contributed by atoms with van der Waals surface area (Å²) in [4.78, 5) is 11.9. The average molecular weight is 279 g/mol. The first-order valence-electron chi connectivity index (χ1n) is 7.07. The number of rotatable bonds is 6. The molecule has 5 heteroatoms. The molecule has 110 valence electrons. The molecule has 0 fully saturated rings. The second kappa shape index (κ2) is 7.03. The van der Waals surface area contributed by atoms with Gasteiger partial charge in [0.1, 0.15) is 19.3 Å². The van der Waals surface area contributed by atoms with E-state index < -0.39 is 0 Å². The van der Waals surface area contributed by atoms with E-state index in [0.717, 1.165) is 24.3 Å². The quantitative estimate of drug-likeness (QED) is 0.811. The maximum absolute atomic E-state index is 11.9. The zero-order valence-corrected chi connectivity index (χ0v) is 12.0. The molecule has 5 nitrogen and oxygen atoms in total. The van der Waals surface area contributed by atoms with Crippen molar-refractivity contribution in [3.63, 3.8) is 0 Å². The van der Waals surface area contributed by atoms with E-state index in [0.29, 0.717) is 25.6 Å². The number of hydrogen-bond donors (Lipinski definition) is 1. The Hall–Kier alpha value is -1.91. The molecule has 1 heterocycles. The molecule has 0 saturated heterocycles. The van der Waals surface area contributed by atoms with Gasteiger partial charge in [-0.3, -0.25) is 0 Å². The number of nitrogens with one attached hydrogen (secondary N) is 1. The monoisotopic (exact) mass is 279 g/mol. The highest BCUT2D eigenvalue weighted by atomic mass is 16.6. The fourth-order valence-corrected chi connectivity index (χ4v) is 2.11. The summed E-state index contributed by atoms with van der Waals surface area (Å²) in [7, 11) is 0. The Balaban J connectivity index is 2.07. The van der Waals surface area contributed by atoms with Gasteiger partial charge in [-0.2, -0.15) is 0 Å². The van der Waals surface area contributed by atoms with Gasteiger partial charge in [-0.15, -0.1) is 0 Å². The molecule has 1 aliphatic heterocycles. The van der Waals surface area contributed by atoms with Gasteiger partial charge in [-0.25, -0.2) is 4.79 Å². The van der Waals surface area contributed by atoms with Crippen LogP contribution in [0.3, 0.4) is 0 Å². The van der Waals surface area contributed by atoms with Gasteiger partial charge in [0.15, 0.2) is 11.5 Å². The summed E-state index contributed by atoms with van der Waals surface area (Å²) in [6, 6.07) is 5.26. The van der Waals surface area contributed by atoms with Crippen molar-refractivity contribution in [1.82, 2.24) is 0 Å². The Morgan fingerprint density at radius 3 is 2.75 bits per heavy atom. The fourth-order valence-electron chi connectivity index (χ4n) is 2.11. The largest absolute Gasteiger partial charge is 0.486 e. The summed E-state index contributed by atoms with van der Waals surface area (Å²) < 4.78 is 16.1. The van der Waals surface area contributed by atoms with Gasteiger partial charge in [0.2, 0.25) is 0 Å². The molecule has 2 rings (SSSR count). The van der Waals surface area contributed by atoms with Gasteiger partial charge in [0.25, 0.3) is 0 Å². The van der Waals surface area contributed by atoms with E-state index in [1.54, 1.807) is 0 Å². The molecule has 0 spiro atoms. The number of esters is 1. The number of hydrogen-bond acceptors (Lipinski definition) is 5. The van der Waals surface area contributed by atoms with Crippen LogP contribution in [0.25, 0.3) is 0 Å². The molecule has 0 aromatic heterocycles. The van der Waals surface area contributed by atoms with Crippen LogP contribution in [0.4, 0.5) is 5.69 Å². The molecule has 0 radical (unpaired) electrons. The molecule has 1 N–H and O–H groups in total. The summed E-state index contributed by atoms with van der Waals surface area (Å²) in [5.74, 6) is 1.23. The van der Waals surface area contributed by atoms with E-state index in [2.05, 4.69) is 5.32 Å². The molecule has 1 unspecified atom stereocenters. The van der Waals surface area contributed by atoms with Crippen LogP contribution in [0, 0.1) is 0 Å². The zero-order valence-electron chi connectivity index (χ0n) is 12.0. The van der Waals surface area contributed by atoms with Crippen LogP contribution in [0.15, 0.2) is 18.2 Å². The highest BCUT2D eigenvalue weighted by molar-refractivity contribution is 5.79.